The van der Waals surface area contributed by atoms with Crippen molar-refractivity contribution >= 4 is 5.69 Å². The van der Waals surface area contributed by atoms with Crippen LogP contribution in [-0.4, -0.2) is 37.7 Å². The van der Waals surface area contributed by atoms with E-state index in [1.165, 1.54) is 0 Å². The predicted octanol–water partition coefficient (Wildman–Crippen LogP) is 3.95. The lowest BCUT2D eigenvalue weighted by Crippen LogP contribution is -2.37. The van der Waals surface area contributed by atoms with Gasteiger partial charge in [-0.15, -0.1) is 0 Å². The molecular formula is C22H23F3N2O. The number of rotatable bonds is 4. The van der Waals surface area contributed by atoms with E-state index in [1.807, 2.05) is 0 Å². The number of alkyl halides is 3. The summed E-state index contributed by atoms with van der Waals surface area (Å²) in [6.45, 7) is 3.83. The fourth-order valence-corrected chi connectivity index (χ4v) is 3.16. The van der Waals surface area contributed by atoms with Crippen LogP contribution in [0.4, 0.5) is 18.9 Å². The van der Waals surface area contributed by atoms with Crippen molar-refractivity contribution in [3.05, 3.63) is 64.7 Å². The number of nitrogen functional groups attached to an aromatic ring is 1. The summed E-state index contributed by atoms with van der Waals surface area (Å²) in [5.41, 5.74) is 7.01. The molecule has 1 heterocycles. The molecule has 0 aliphatic carbocycles. The number of nitrogens with two attached hydrogens (primary N) is 1. The Morgan fingerprint density at radius 3 is 2.29 bits per heavy atom. The summed E-state index contributed by atoms with van der Waals surface area (Å²) in [7, 11) is 0. The van der Waals surface area contributed by atoms with E-state index in [2.05, 4.69) is 16.7 Å². The maximum Gasteiger partial charge on any atom is 0.416 e. The minimum absolute atomic E-state index is 0.318. The van der Waals surface area contributed by atoms with Crippen molar-refractivity contribution in [3.63, 3.8) is 0 Å². The third-order valence-electron chi connectivity index (χ3n) is 4.70. The molecule has 3 rings (SSSR count). The number of benzene rings is 2. The highest BCUT2D eigenvalue weighted by atomic mass is 19.4. The normalized spacial score (nSPS) is 15.1. The zero-order valence-electron chi connectivity index (χ0n) is 15.6. The van der Waals surface area contributed by atoms with Gasteiger partial charge in [0.2, 0.25) is 0 Å². The van der Waals surface area contributed by atoms with Crippen molar-refractivity contribution in [2.24, 2.45) is 0 Å². The van der Waals surface area contributed by atoms with Gasteiger partial charge in [0.15, 0.2) is 0 Å². The summed E-state index contributed by atoms with van der Waals surface area (Å²) >= 11 is 0. The van der Waals surface area contributed by atoms with Crippen LogP contribution in [0.3, 0.4) is 0 Å². The van der Waals surface area contributed by atoms with Crippen LogP contribution in [-0.2, 0) is 17.3 Å². The summed E-state index contributed by atoms with van der Waals surface area (Å²) in [4.78, 5) is 2.23. The summed E-state index contributed by atoms with van der Waals surface area (Å²) < 4.78 is 45.9. The van der Waals surface area contributed by atoms with Crippen molar-refractivity contribution in [1.82, 2.24) is 4.90 Å². The highest BCUT2D eigenvalue weighted by Crippen LogP contribution is 2.33. The summed E-state index contributed by atoms with van der Waals surface area (Å²) in [6, 6.07) is 11.3. The Morgan fingerprint density at radius 1 is 0.964 bits per heavy atom. The molecule has 0 atom stereocenters. The van der Waals surface area contributed by atoms with Crippen LogP contribution in [0.5, 0.6) is 0 Å². The first-order valence-corrected chi connectivity index (χ1v) is 9.29. The van der Waals surface area contributed by atoms with Gasteiger partial charge in [0.1, 0.15) is 0 Å². The Balaban J connectivity index is 1.71. The van der Waals surface area contributed by atoms with Crippen LogP contribution in [0.1, 0.15) is 28.7 Å². The van der Waals surface area contributed by atoms with Crippen LogP contribution in [0.25, 0.3) is 0 Å². The molecule has 0 unspecified atom stereocenters. The molecule has 0 bridgehead atoms. The van der Waals surface area contributed by atoms with Crippen molar-refractivity contribution in [2.45, 2.75) is 19.0 Å². The van der Waals surface area contributed by atoms with Gasteiger partial charge in [-0.3, -0.25) is 4.90 Å². The summed E-state index contributed by atoms with van der Waals surface area (Å²) in [5.74, 6) is 5.70. The number of hydrogen-bond donors (Lipinski definition) is 1. The van der Waals surface area contributed by atoms with Crippen LogP contribution < -0.4 is 5.73 Å². The average molecular weight is 388 g/mol. The molecule has 0 radical (unpaired) electrons. The van der Waals surface area contributed by atoms with E-state index >= 15 is 0 Å². The Kier molecular flexibility index (Phi) is 6.61. The fraction of sp³-hybridized carbons (Fsp3) is 0.364. The molecule has 28 heavy (non-hydrogen) atoms. The number of halogens is 3. The Labute approximate surface area is 163 Å². The number of nitrogens with zero attached hydrogens (tertiary/aromatic N) is 1. The Bertz CT molecular complexity index is 845. The first-order chi connectivity index (χ1) is 13.4. The van der Waals surface area contributed by atoms with Crippen molar-refractivity contribution in [3.8, 4) is 11.8 Å². The van der Waals surface area contributed by atoms with E-state index in [9.17, 15) is 13.2 Å². The lowest BCUT2D eigenvalue weighted by atomic mass is 9.99. The van der Waals surface area contributed by atoms with Crippen LogP contribution in [0.2, 0.25) is 0 Å². The number of morpholine rings is 1. The lowest BCUT2D eigenvalue weighted by Gasteiger charge is -2.26. The molecular weight excluding hydrogens is 365 g/mol. The third kappa shape index (κ3) is 5.75. The lowest BCUT2D eigenvalue weighted by molar-refractivity contribution is -0.138. The van der Waals surface area contributed by atoms with Gasteiger partial charge in [0, 0.05) is 29.9 Å². The number of hydrogen-bond acceptors (Lipinski definition) is 3. The second-order valence-corrected chi connectivity index (χ2v) is 6.80. The summed E-state index contributed by atoms with van der Waals surface area (Å²) in [6.07, 6.45) is -3.33. The molecule has 3 nitrogen and oxygen atoms in total. The molecule has 0 saturated carbocycles. The van der Waals surface area contributed by atoms with Crippen LogP contribution in [0.15, 0.2) is 42.5 Å². The smallest absolute Gasteiger partial charge is 0.399 e. The highest BCUT2D eigenvalue weighted by Gasteiger charge is 2.33. The molecule has 0 aromatic heterocycles. The van der Waals surface area contributed by atoms with E-state index in [0.717, 1.165) is 25.7 Å². The molecule has 2 N–H and O–H groups in total. The topological polar surface area (TPSA) is 38.5 Å². The van der Waals surface area contributed by atoms with Gasteiger partial charge in [-0.1, -0.05) is 17.9 Å². The Morgan fingerprint density at radius 2 is 1.61 bits per heavy atom. The van der Waals surface area contributed by atoms with Crippen LogP contribution in [0, 0.1) is 11.8 Å². The van der Waals surface area contributed by atoms with Crippen LogP contribution >= 0.6 is 0 Å². The zero-order chi connectivity index (χ0) is 20.0. The molecule has 1 aliphatic rings. The number of ether oxygens (including phenoxy) is 1. The molecule has 2 aromatic rings. The SMILES string of the molecule is Nc1ccc(C#Cc2ccc(CCCN3CCOCC3)c(C(F)(F)F)c2)cc1. The van der Waals surface area contributed by atoms with E-state index in [0.29, 0.717) is 48.4 Å². The zero-order valence-corrected chi connectivity index (χ0v) is 15.6. The van der Waals surface area contributed by atoms with Gasteiger partial charge in [0.25, 0.3) is 0 Å². The molecule has 0 amide bonds. The Hall–Kier alpha value is -2.49. The minimum Gasteiger partial charge on any atom is -0.399 e. The standard InChI is InChI=1S/C22H23F3N2O/c23-22(24,25)21-16-18(4-3-17-6-9-20(26)10-7-17)5-8-19(21)2-1-11-27-12-14-28-15-13-27/h5-10,16H,1-2,11-15,26H2. The molecule has 148 valence electrons. The van der Waals surface area contributed by atoms with Crippen molar-refractivity contribution < 1.29 is 17.9 Å². The van der Waals surface area contributed by atoms with Gasteiger partial charge in [-0.2, -0.15) is 13.2 Å². The highest BCUT2D eigenvalue weighted by molar-refractivity contribution is 5.49. The minimum atomic E-state index is -4.40. The maximum atomic E-state index is 13.5. The van der Waals surface area contributed by atoms with Gasteiger partial charge in [-0.05, 0) is 61.3 Å². The summed E-state index contributed by atoms with van der Waals surface area (Å²) in [5, 5.41) is 0. The number of anilines is 1. The monoisotopic (exact) mass is 388 g/mol. The largest absolute Gasteiger partial charge is 0.416 e. The van der Waals surface area contributed by atoms with Gasteiger partial charge in [-0.25, -0.2) is 0 Å². The fourth-order valence-electron chi connectivity index (χ4n) is 3.16. The molecule has 0 spiro atoms. The van der Waals surface area contributed by atoms with E-state index in [4.69, 9.17) is 10.5 Å². The first kappa shape index (κ1) is 20.2. The predicted molar refractivity (Wildman–Crippen MR) is 104 cm³/mol. The van der Waals surface area contributed by atoms with Crippen molar-refractivity contribution in [1.29, 1.82) is 0 Å². The second kappa shape index (κ2) is 9.13. The second-order valence-electron chi connectivity index (χ2n) is 6.80. The first-order valence-electron chi connectivity index (χ1n) is 9.29. The van der Waals surface area contributed by atoms with E-state index in [1.54, 1.807) is 36.4 Å². The maximum absolute atomic E-state index is 13.5. The average Bonchev–Trinajstić information content (AvgIpc) is 2.68. The van der Waals surface area contributed by atoms with Gasteiger partial charge in [0.05, 0.1) is 18.8 Å². The van der Waals surface area contributed by atoms with Gasteiger partial charge >= 0.3 is 6.18 Å². The van der Waals surface area contributed by atoms with E-state index in [-0.39, 0.29) is 0 Å². The van der Waals surface area contributed by atoms with Gasteiger partial charge < -0.3 is 10.5 Å². The van der Waals surface area contributed by atoms with E-state index < -0.39 is 11.7 Å². The molecule has 1 fully saturated rings. The number of aryl methyl sites for hydroxylation is 1. The molecule has 1 aliphatic heterocycles. The van der Waals surface area contributed by atoms with Crippen molar-refractivity contribution in [2.75, 3.05) is 38.6 Å². The molecule has 6 heteroatoms. The molecule has 2 aromatic carbocycles. The molecule has 1 saturated heterocycles. The quantitative estimate of drug-likeness (QED) is 0.637. The third-order valence-corrected chi connectivity index (χ3v) is 4.70.